The maximum Gasteiger partial charge on any atom is 0.170 e. The molecule has 150 valence electrons. The van der Waals surface area contributed by atoms with Crippen molar-refractivity contribution in [3.63, 3.8) is 0 Å². The van der Waals surface area contributed by atoms with Crippen molar-refractivity contribution < 1.29 is 19.3 Å². The molecule has 0 saturated carbocycles. The third-order valence-corrected chi connectivity index (χ3v) is 4.09. The number of aliphatic hydroxyl groups is 1. The molecule has 0 aliphatic carbocycles. The molecule has 0 amide bonds. The minimum Gasteiger partial charge on any atom is -0.389 e. The summed E-state index contributed by atoms with van der Waals surface area (Å²) in [4.78, 5) is 2.21. The lowest BCUT2D eigenvalue weighted by atomic mass is 10.1. The summed E-state index contributed by atoms with van der Waals surface area (Å²) < 4.78 is 16.9. The molecule has 1 N–H and O–H groups in total. The number of rotatable bonds is 16. The molecule has 0 spiro atoms. The fourth-order valence-electron chi connectivity index (χ4n) is 2.74. The van der Waals surface area contributed by atoms with Gasteiger partial charge in [-0.05, 0) is 32.3 Å². The summed E-state index contributed by atoms with van der Waals surface area (Å²) in [5, 5.41) is 10.3. The van der Waals surface area contributed by atoms with Gasteiger partial charge in [-0.25, -0.2) is 0 Å². The number of unbranched alkanes of at least 4 members (excludes halogenated alkanes) is 1. The van der Waals surface area contributed by atoms with Crippen LogP contribution in [0.5, 0.6) is 0 Å². The van der Waals surface area contributed by atoms with Crippen LogP contribution in [0.3, 0.4) is 0 Å². The predicted molar refractivity (Wildman–Crippen MR) is 105 cm³/mol. The maximum absolute atomic E-state index is 10.3. The molecule has 1 aromatic rings. The van der Waals surface area contributed by atoms with Crippen LogP contribution < -0.4 is 0 Å². The van der Waals surface area contributed by atoms with E-state index in [1.807, 2.05) is 19.9 Å². The molecule has 5 nitrogen and oxygen atoms in total. The van der Waals surface area contributed by atoms with Gasteiger partial charge < -0.3 is 19.3 Å². The van der Waals surface area contributed by atoms with E-state index >= 15 is 0 Å². The van der Waals surface area contributed by atoms with Gasteiger partial charge in [-0.1, -0.05) is 43.7 Å². The van der Waals surface area contributed by atoms with E-state index in [9.17, 15) is 5.11 Å². The quantitative estimate of drug-likeness (QED) is 0.359. The van der Waals surface area contributed by atoms with Crippen LogP contribution in [0.4, 0.5) is 0 Å². The molecular weight excluding hydrogens is 330 g/mol. The zero-order valence-corrected chi connectivity index (χ0v) is 16.7. The van der Waals surface area contributed by atoms with Crippen LogP contribution in [0.25, 0.3) is 0 Å². The standard InChI is InChI=1S/C21H37NO4/c1-4-7-15-24-18-20(23)16-22(17-21(25-5-2)26-6-3)14-13-19-11-9-8-10-12-19/h8-12,20-21,23H,4-7,13-18H2,1-3H3. The van der Waals surface area contributed by atoms with Crippen LogP contribution in [0.1, 0.15) is 39.2 Å². The highest BCUT2D eigenvalue weighted by Crippen LogP contribution is 2.06. The van der Waals surface area contributed by atoms with Crippen molar-refractivity contribution in [2.45, 2.75) is 52.4 Å². The normalized spacial score (nSPS) is 12.8. The zero-order chi connectivity index (χ0) is 19.0. The third kappa shape index (κ3) is 10.9. The van der Waals surface area contributed by atoms with Gasteiger partial charge >= 0.3 is 0 Å². The summed E-state index contributed by atoms with van der Waals surface area (Å²) in [6, 6.07) is 10.4. The average molecular weight is 368 g/mol. The van der Waals surface area contributed by atoms with Crippen molar-refractivity contribution in [1.82, 2.24) is 4.90 Å². The number of aliphatic hydroxyl groups excluding tert-OH is 1. The molecule has 0 bridgehead atoms. The molecule has 0 aromatic heterocycles. The van der Waals surface area contributed by atoms with Crippen LogP contribution in [-0.2, 0) is 20.6 Å². The number of hydrogen-bond acceptors (Lipinski definition) is 5. The largest absolute Gasteiger partial charge is 0.389 e. The van der Waals surface area contributed by atoms with E-state index in [2.05, 4.69) is 36.1 Å². The van der Waals surface area contributed by atoms with Gasteiger partial charge in [0.05, 0.1) is 12.7 Å². The summed E-state index contributed by atoms with van der Waals surface area (Å²) >= 11 is 0. The van der Waals surface area contributed by atoms with Gasteiger partial charge in [0.15, 0.2) is 6.29 Å². The third-order valence-electron chi connectivity index (χ3n) is 4.09. The second kappa shape index (κ2) is 15.1. The molecule has 1 atom stereocenters. The van der Waals surface area contributed by atoms with Crippen molar-refractivity contribution in [2.75, 3.05) is 46.1 Å². The molecule has 1 unspecified atom stereocenters. The van der Waals surface area contributed by atoms with E-state index in [1.54, 1.807) is 0 Å². The Morgan fingerprint density at radius 1 is 1.00 bits per heavy atom. The van der Waals surface area contributed by atoms with E-state index in [-0.39, 0.29) is 6.29 Å². The summed E-state index contributed by atoms with van der Waals surface area (Å²) in [5.41, 5.74) is 1.29. The van der Waals surface area contributed by atoms with Gasteiger partial charge in [-0.2, -0.15) is 0 Å². The molecule has 0 saturated heterocycles. The van der Waals surface area contributed by atoms with Crippen molar-refractivity contribution in [1.29, 1.82) is 0 Å². The summed E-state index contributed by atoms with van der Waals surface area (Å²) in [7, 11) is 0. The van der Waals surface area contributed by atoms with Crippen molar-refractivity contribution >= 4 is 0 Å². The Morgan fingerprint density at radius 3 is 2.31 bits per heavy atom. The Balaban J connectivity index is 2.54. The first-order valence-corrected chi connectivity index (χ1v) is 9.94. The van der Waals surface area contributed by atoms with Crippen molar-refractivity contribution in [2.24, 2.45) is 0 Å². The highest BCUT2D eigenvalue weighted by Gasteiger charge is 2.18. The minimum absolute atomic E-state index is 0.269. The number of ether oxygens (including phenoxy) is 3. The molecule has 26 heavy (non-hydrogen) atoms. The van der Waals surface area contributed by atoms with Gasteiger partial charge in [-0.15, -0.1) is 0 Å². The summed E-state index contributed by atoms with van der Waals surface area (Å²) in [5.74, 6) is 0. The number of hydrogen-bond donors (Lipinski definition) is 1. The first kappa shape index (κ1) is 23.1. The minimum atomic E-state index is -0.508. The molecule has 0 radical (unpaired) electrons. The lowest BCUT2D eigenvalue weighted by Gasteiger charge is -2.29. The summed E-state index contributed by atoms with van der Waals surface area (Å²) in [6.07, 6.45) is 2.28. The Kier molecular flexibility index (Phi) is 13.4. The highest BCUT2D eigenvalue weighted by atomic mass is 16.7. The molecule has 0 aliphatic rings. The van der Waals surface area contributed by atoms with Gasteiger partial charge in [0.1, 0.15) is 0 Å². The van der Waals surface area contributed by atoms with Crippen molar-refractivity contribution in [3.8, 4) is 0 Å². The van der Waals surface area contributed by atoms with Gasteiger partial charge in [-0.3, -0.25) is 4.90 Å². The van der Waals surface area contributed by atoms with E-state index in [0.717, 1.165) is 25.8 Å². The molecule has 1 aromatic carbocycles. The lowest BCUT2D eigenvalue weighted by molar-refractivity contribution is -0.149. The Morgan fingerprint density at radius 2 is 1.69 bits per heavy atom. The van der Waals surface area contributed by atoms with Crippen molar-refractivity contribution in [3.05, 3.63) is 35.9 Å². The van der Waals surface area contributed by atoms with Crippen LogP contribution in [0.2, 0.25) is 0 Å². The zero-order valence-electron chi connectivity index (χ0n) is 16.7. The van der Waals surface area contributed by atoms with E-state index < -0.39 is 6.10 Å². The van der Waals surface area contributed by atoms with Gasteiger partial charge in [0.2, 0.25) is 0 Å². The van der Waals surface area contributed by atoms with Crippen LogP contribution in [-0.4, -0.2) is 68.5 Å². The Bertz CT molecular complexity index is 423. The summed E-state index contributed by atoms with van der Waals surface area (Å²) in [6.45, 7) is 10.4. The number of benzene rings is 1. The Labute approximate surface area is 159 Å². The van der Waals surface area contributed by atoms with E-state index in [1.165, 1.54) is 5.56 Å². The van der Waals surface area contributed by atoms with Crippen LogP contribution in [0.15, 0.2) is 30.3 Å². The van der Waals surface area contributed by atoms with Gasteiger partial charge in [0, 0.05) is 39.5 Å². The molecule has 0 aliphatic heterocycles. The predicted octanol–water partition coefficient (Wildman–Crippen LogP) is 3.11. The number of nitrogens with zero attached hydrogens (tertiary/aromatic N) is 1. The second-order valence-electron chi connectivity index (χ2n) is 6.42. The molecular formula is C21H37NO4. The van der Waals surface area contributed by atoms with E-state index in [0.29, 0.717) is 39.5 Å². The van der Waals surface area contributed by atoms with Gasteiger partial charge in [0.25, 0.3) is 0 Å². The van der Waals surface area contributed by atoms with Crippen LogP contribution in [0, 0.1) is 0 Å². The monoisotopic (exact) mass is 367 g/mol. The Hall–Kier alpha value is -0.980. The average Bonchev–Trinajstić information content (AvgIpc) is 2.64. The molecule has 1 rings (SSSR count). The lowest BCUT2D eigenvalue weighted by Crippen LogP contribution is -2.42. The highest BCUT2D eigenvalue weighted by molar-refractivity contribution is 5.14. The maximum atomic E-state index is 10.3. The fraction of sp³-hybridized carbons (Fsp3) is 0.714. The molecule has 5 heteroatoms. The first-order valence-electron chi connectivity index (χ1n) is 9.94. The smallest absolute Gasteiger partial charge is 0.170 e. The SMILES string of the molecule is CCCCOCC(O)CN(CCc1ccccc1)CC(OCC)OCC. The first-order chi connectivity index (χ1) is 12.7. The van der Waals surface area contributed by atoms with Crippen LogP contribution >= 0.6 is 0 Å². The second-order valence-corrected chi connectivity index (χ2v) is 6.42. The molecule has 0 fully saturated rings. The van der Waals surface area contributed by atoms with E-state index in [4.69, 9.17) is 14.2 Å². The molecule has 0 heterocycles. The fourth-order valence-corrected chi connectivity index (χ4v) is 2.74. The topological polar surface area (TPSA) is 51.2 Å².